The minimum atomic E-state index is -2.54. The molecule has 3 nitrogen and oxygen atoms in total. The van der Waals surface area contributed by atoms with Crippen molar-refractivity contribution < 1.29 is 18.3 Å². The first-order valence-electron chi connectivity index (χ1n) is 4.16. The largest absolute Gasteiger partial charge is 0.493 e. The molecule has 0 bridgehead atoms. The second-order valence-corrected chi connectivity index (χ2v) is 2.68. The molecule has 0 amide bonds. The summed E-state index contributed by atoms with van der Waals surface area (Å²) < 4.78 is 33.5. The third-order valence-corrected chi connectivity index (χ3v) is 1.66. The van der Waals surface area contributed by atoms with Gasteiger partial charge in [0.05, 0.1) is 18.7 Å². The van der Waals surface area contributed by atoms with E-state index in [1.165, 1.54) is 25.3 Å². The summed E-state index contributed by atoms with van der Waals surface area (Å²) in [4.78, 5) is 0. The van der Waals surface area contributed by atoms with Gasteiger partial charge in [0, 0.05) is 6.07 Å². The normalized spacial score (nSPS) is 9.80. The van der Waals surface area contributed by atoms with E-state index in [1.807, 2.05) is 6.07 Å². The summed E-state index contributed by atoms with van der Waals surface area (Å²) in [6.07, 6.45) is -2.54. The van der Waals surface area contributed by atoms with Crippen molar-refractivity contribution in [1.82, 2.24) is 0 Å². The second-order valence-electron chi connectivity index (χ2n) is 2.68. The van der Waals surface area contributed by atoms with Gasteiger partial charge in [-0.3, -0.25) is 0 Å². The fourth-order valence-electron chi connectivity index (χ4n) is 1.01. The lowest BCUT2D eigenvalue weighted by Crippen LogP contribution is -2.07. The molecule has 0 fully saturated rings. The number of halogens is 2. The first kappa shape index (κ1) is 11.2. The van der Waals surface area contributed by atoms with E-state index >= 15 is 0 Å². The number of rotatable bonds is 4. The molecule has 1 aromatic carbocycles. The monoisotopic (exact) mass is 213 g/mol. The summed E-state index contributed by atoms with van der Waals surface area (Å²) in [5.74, 6) is 0.478. The van der Waals surface area contributed by atoms with Crippen molar-refractivity contribution in [2.45, 2.75) is 6.43 Å². The van der Waals surface area contributed by atoms with Crippen LogP contribution in [0.25, 0.3) is 0 Å². The van der Waals surface area contributed by atoms with E-state index in [0.717, 1.165) is 0 Å². The van der Waals surface area contributed by atoms with Crippen molar-refractivity contribution in [3.8, 4) is 17.6 Å². The fraction of sp³-hybridized carbons (Fsp3) is 0.300. The van der Waals surface area contributed by atoms with Crippen LogP contribution in [0.2, 0.25) is 0 Å². The Kier molecular flexibility index (Phi) is 3.86. The second kappa shape index (κ2) is 5.15. The summed E-state index contributed by atoms with van der Waals surface area (Å²) in [7, 11) is 1.38. The van der Waals surface area contributed by atoms with Gasteiger partial charge in [-0.05, 0) is 12.1 Å². The summed E-state index contributed by atoms with van der Waals surface area (Å²) in [5.41, 5.74) is 0.385. The van der Waals surface area contributed by atoms with Crippen LogP contribution < -0.4 is 9.47 Å². The molecule has 0 radical (unpaired) electrons. The minimum Gasteiger partial charge on any atom is -0.493 e. The van der Waals surface area contributed by atoms with E-state index in [1.54, 1.807) is 0 Å². The maximum atomic E-state index is 11.9. The smallest absolute Gasteiger partial charge is 0.272 e. The van der Waals surface area contributed by atoms with Crippen molar-refractivity contribution in [1.29, 1.82) is 5.26 Å². The third-order valence-electron chi connectivity index (χ3n) is 1.66. The molecule has 0 spiro atoms. The number of nitriles is 1. The van der Waals surface area contributed by atoms with Crippen LogP contribution >= 0.6 is 0 Å². The Morgan fingerprint density at radius 3 is 2.67 bits per heavy atom. The Balaban J connectivity index is 2.84. The fourth-order valence-corrected chi connectivity index (χ4v) is 1.01. The van der Waals surface area contributed by atoms with Crippen molar-refractivity contribution in [3.05, 3.63) is 23.8 Å². The topological polar surface area (TPSA) is 42.2 Å². The zero-order valence-electron chi connectivity index (χ0n) is 8.04. The zero-order valence-corrected chi connectivity index (χ0v) is 8.04. The highest BCUT2D eigenvalue weighted by Crippen LogP contribution is 2.27. The minimum absolute atomic E-state index is 0.205. The molecule has 0 saturated heterocycles. The molecule has 0 aromatic heterocycles. The molecule has 1 aromatic rings. The van der Waals surface area contributed by atoms with E-state index in [0.29, 0.717) is 5.56 Å². The van der Waals surface area contributed by atoms with Crippen LogP contribution in [0.15, 0.2) is 18.2 Å². The summed E-state index contributed by atoms with van der Waals surface area (Å²) in [5, 5.41) is 8.60. The zero-order chi connectivity index (χ0) is 11.3. The van der Waals surface area contributed by atoms with Crippen LogP contribution in [0.4, 0.5) is 8.78 Å². The van der Waals surface area contributed by atoms with E-state index < -0.39 is 13.0 Å². The highest BCUT2D eigenvalue weighted by molar-refractivity contribution is 5.46. The predicted octanol–water partition coefficient (Wildman–Crippen LogP) is 2.21. The molecule has 80 valence electrons. The molecule has 0 aliphatic rings. The van der Waals surface area contributed by atoms with E-state index in [-0.39, 0.29) is 11.5 Å². The quantitative estimate of drug-likeness (QED) is 0.770. The molecule has 0 aliphatic carbocycles. The first-order chi connectivity index (χ1) is 7.17. The lowest BCUT2D eigenvalue weighted by atomic mass is 10.2. The highest BCUT2D eigenvalue weighted by atomic mass is 19.3. The van der Waals surface area contributed by atoms with Gasteiger partial charge in [-0.15, -0.1) is 0 Å². The number of ether oxygens (including phenoxy) is 2. The van der Waals surface area contributed by atoms with Gasteiger partial charge < -0.3 is 9.47 Å². The Morgan fingerprint density at radius 2 is 2.13 bits per heavy atom. The SMILES string of the molecule is COc1cc(C#N)ccc1OCC(F)F. The number of hydrogen-bond donors (Lipinski definition) is 0. The van der Waals surface area contributed by atoms with Crippen molar-refractivity contribution in [2.75, 3.05) is 13.7 Å². The van der Waals surface area contributed by atoms with E-state index in [2.05, 4.69) is 0 Å². The van der Waals surface area contributed by atoms with Gasteiger partial charge in [0.2, 0.25) is 0 Å². The summed E-state index contributed by atoms with van der Waals surface area (Å²) >= 11 is 0. The van der Waals surface area contributed by atoms with Crippen LogP contribution in [0.3, 0.4) is 0 Å². The molecule has 5 heteroatoms. The molecular formula is C10H9F2NO2. The van der Waals surface area contributed by atoms with E-state index in [4.69, 9.17) is 14.7 Å². The molecule has 15 heavy (non-hydrogen) atoms. The molecule has 1 rings (SSSR count). The average molecular weight is 213 g/mol. The standard InChI is InChI=1S/C10H9F2NO2/c1-14-9-4-7(5-13)2-3-8(9)15-6-10(11)12/h2-4,10H,6H2,1H3. The Morgan fingerprint density at radius 1 is 1.40 bits per heavy atom. The predicted molar refractivity (Wildman–Crippen MR) is 49.2 cm³/mol. The molecule has 0 unspecified atom stereocenters. The number of nitrogens with zero attached hydrogens (tertiary/aromatic N) is 1. The van der Waals surface area contributed by atoms with Crippen LogP contribution in [0.1, 0.15) is 5.56 Å². The van der Waals surface area contributed by atoms with E-state index in [9.17, 15) is 8.78 Å². The van der Waals surface area contributed by atoms with Crippen molar-refractivity contribution >= 4 is 0 Å². The lowest BCUT2D eigenvalue weighted by Gasteiger charge is -2.09. The Labute approximate surface area is 85.8 Å². The molecule has 0 saturated carbocycles. The lowest BCUT2D eigenvalue weighted by molar-refractivity contribution is 0.0804. The van der Waals surface area contributed by atoms with Crippen LogP contribution in [0, 0.1) is 11.3 Å². The first-order valence-corrected chi connectivity index (χ1v) is 4.16. The van der Waals surface area contributed by atoms with Gasteiger partial charge >= 0.3 is 0 Å². The van der Waals surface area contributed by atoms with Gasteiger partial charge in [-0.2, -0.15) is 5.26 Å². The maximum Gasteiger partial charge on any atom is 0.272 e. The van der Waals surface area contributed by atoms with Crippen LogP contribution in [-0.4, -0.2) is 20.1 Å². The number of hydrogen-bond acceptors (Lipinski definition) is 3. The number of benzene rings is 1. The molecule has 0 aliphatic heterocycles. The van der Waals surface area contributed by atoms with Crippen molar-refractivity contribution in [3.63, 3.8) is 0 Å². The molecule has 0 heterocycles. The number of methoxy groups -OCH3 is 1. The summed E-state index contributed by atoms with van der Waals surface area (Å²) in [6.45, 7) is -0.692. The van der Waals surface area contributed by atoms with Crippen LogP contribution in [0.5, 0.6) is 11.5 Å². The average Bonchev–Trinajstić information content (AvgIpc) is 2.25. The maximum absolute atomic E-state index is 11.9. The Bertz CT molecular complexity index is 374. The third kappa shape index (κ3) is 3.09. The van der Waals surface area contributed by atoms with Crippen molar-refractivity contribution in [2.24, 2.45) is 0 Å². The van der Waals surface area contributed by atoms with Gasteiger partial charge in [0.25, 0.3) is 6.43 Å². The van der Waals surface area contributed by atoms with Gasteiger partial charge in [-0.1, -0.05) is 0 Å². The molecular weight excluding hydrogens is 204 g/mol. The highest BCUT2D eigenvalue weighted by Gasteiger charge is 2.08. The molecule has 0 atom stereocenters. The van der Waals surface area contributed by atoms with Crippen LogP contribution in [-0.2, 0) is 0 Å². The van der Waals surface area contributed by atoms with Gasteiger partial charge in [0.1, 0.15) is 6.61 Å². The molecule has 0 N–H and O–H groups in total. The Hall–Kier alpha value is -1.83. The summed E-state index contributed by atoms with van der Waals surface area (Å²) in [6, 6.07) is 6.25. The number of alkyl halides is 2. The van der Waals surface area contributed by atoms with Gasteiger partial charge in [0.15, 0.2) is 11.5 Å². The van der Waals surface area contributed by atoms with Gasteiger partial charge in [-0.25, -0.2) is 8.78 Å².